The number of nitrogens with two attached hydrogens (primary N) is 1. The first-order chi connectivity index (χ1) is 10.2. The van der Waals surface area contributed by atoms with Gasteiger partial charge in [0.15, 0.2) is 0 Å². The molecule has 0 spiro atoms. The summed E-state index contributed by atoms with van der Waals surface area (Å²) in [5.74, 6) is -0.196. The molecule has 0 atom stereocenters. The molecule has 4 nitrogen and oxygen atoms in total. The maximum absolute atomic E-state index is 14.2. The molecule has 0 fully saturated rings. The lowest BCUT2D eigenvalue weighted by atomic mass is 10.1. The Kier molecular flexibility index (Phi) is 9.17. The molecule has 0 aromatic heterocycles. The van der Waals surface area contributed by atoms with Crippen molar-refractivity contribution < 1.29 is 13.9 Å². The Morgan fingerprint density at radius 1 is 1.05 bits per heavy atom. The van der Waals surface area contributed by atoms with Gasteiger partial charge in [0.2, 0.25) is 0 Å². The molecule has 0 saturated heterocycles. The summed E-state index contributed by atoms with van der Waals surface area (Å²) in [6.07, 6.45) is 0. The van der Waals surface area contributed by atoms with Crippen molar-refractivity contribution in [2.75, 3.05) is 39.5 Å². The topological polar surface area (TPSA) is 47.7 Å². The van der Waals surface area contributed by atoms with Crippen molar-refractivity contribution in [1.29, 1.82) is 0 Å². The lowest BCUT2D eigenvalue weighted by molar-refractivity contribution is 0.0793. The highest BCUT2D eigenvalue weighted by Crippen LogP contribution is 2.14. The normalized spacial score (nSPS) is 11.3. The molecule has 0 aliphatic carbocycles. The van der Waals surface area contributed by atoms with Crippen LogP contribution in [0.4, 0.5) is 4.39 Å². The molecule has 1 aromatic carbocycles. The lowest BCUT2D eigenvalue weighted by Crippen LogP contribution is -2.31. The van der Waals surface area contributed by atoms with Crippen molar-refractivity contribution in [2.45, 2.75) is 26.9 Å². The Hall–Kier alpha value is -1.01. The van der Waals surface area contributed by atoms with E-state index in [0.29, 0.717) is 44.1 Å². The summed E-state index contributed by atoms with van der Waals surface area (Å²) in [6, 6.07) is 5.39. The van der Waals surface area contributed by atoms with E-state index in [1.54, 1.807) is 6.07 Å². The maximum Gasteiger partial charge on any atom is 0.132 e. The van der Waals surface area contributed by atoms with Crippen LogP contribution in [0.2, 0.25) is 0 Å². The van der Waals surface area contributed by atoms with E-state index in [1.165, 1.54) is 0 Å². The number of hydrogen-bond acceptors (Lipinski definition) is 4. The summed E-state index contributed by atoms with van der Waals surface area (Å²) in [5, 5.41) is 0. The average Bonchev–Trinajstić information content (AvgIpc) is 2.49. The van der Waals surface area contributed by atoms with Crippen LogP contribution < -0.4 is 5.73 Å². The monoisotopic (exact) mass is 298 g/mol. The average molecular weight is 298 g/mol. The van der Waals surface area contributed by atoms with Crippen molar-refractivity contribution in [3.63, 3.8) is 0 Å². The van der Waals surface area contributed by atoms with Crippen LogP contribution in [0.3, 0.4) is 0 Å². The molecule has 0 amide bonds. The third-order valence-electron chi connectivity index (χ3n) is 3.28. The fourth-order valence-corrected chi connectivity index (χ4v) is 2.10. The van der Waals surface area contributed by atoms with Gasteiger partial charge in [0, 0.05) is 50.5 Å². The maximum atomic E-state index is 14.2. The molecular weight excluding hydrogens is 271 g/mol. The smallest absolute Gasteiger partial charge is 0.132 e. The Morgan fingerprint density at radius 2 is 1.62 bits per heavy atom. The quantitative estimate of drug-likeness (QED) is 0.636. The van der Waals surface area contributed by atoms with E-state index < -0.39 is 0 Å². The second-order valence-electron chi connectivity index (χ2n) is 4.76. The van der Waals surface area contributed by atoms with Gasteiger partial charge in [0.25, 0.3) is 0 Å². The largest absolute Gasteiger partial charge is 0.380 e. The summed E-state index contributed by atoms with van der Waals surface area (Å²) in [4.78, 5) is 2.14. The fraction of sp³-hybridized carbons (Fsp3) is 0.625. The minimum atomic E-state index is -0.196. The summed E-state index contributed by atoms with van der Waals surface area (Å²) in [5.41, 5.74) is 6.78. The summed E-state index contributed by atoms with van der Waals surface area (Å²) >= 11 is 0. The molecule has 0 unspecified atom stereocenters. The van der Waals surface area contributed by atoms with Gasteiger partial charge < -0.3 is 15.2 Å². The van der Waals surface area contributed by atoms with Crippen LogP contribution in [0, 0.1) is 5.82 Å². The summed E-state index contributed by atoms with van der Waals surface area (Å²) < 4.78 is 25.0. The molecular formula is C16H27FN2O2. The van der Waals surface area contributed by atoms with Gasteiger partial charge in [-0.1, -0.05) is 18.2 Å². The number of halogens is 1. The van der Waals surface area contributed by atoms with Crippen molar-refractivity contribution in [2.24, 2.45) is 5.73 Å². The molecule has 0 aliphatic heterocycles. The second-order valence-corrected chi connectivity index (χ2v) is 4.76. The Bertz CT molecular complexity index is 392. The van der Waals surface area contributed by atoms with Crippen LogP contribution in [0.5, 0.6) is 0 Å². The second kappa shape index (κ2) is 10.7. The third kappa shape index (κ3) is 6.52. The Balaban J connectivity index is 2.65. The first kappa shape index (κ1) is 18.0. The number of ether oxygens (including phenoxy) is 2. The predicted octanol–water partition coefficient (Wildman–Crippen LogP) is 2.16. The van der Waals surface area contributed by atoms with E-state index >= 15 is 0 Å². The minimum Gasteiger partial charge on any atom is -0.380 e. The molecule has 0 aliphatic rings. The van der Waals surface area contributed by atoms with Crippen LogP contribution in [0.25, 0.3) is 0 Å². The molecule has 0 heterocycles. The predicted molar refractivity (Wildman–Crippen MR) is 82.6 cm³/mol. The zero-order chi connectivity index (χ0) is 15.5. The number of nitrogens with zero attached hydrogens (tertiary/aromatic N) is 1. The van der Waals surface area contributed by atoms with E-state index in [-0.39, 0.29) is 12.4 Å². The summed E-state index contributed by atoms with van der Waals surface area (Å²) in [7, 11) is 0. The van der Waals surface area contributed by atoms with E-state index in [9.17, 15) is 4.39 Å². The highest BCUT2D eigenvalue weighted by atomic mass is 19.1. The van der Waals surface area contributed by atoms with Crippen LogP contribution in [0.1, 0.15) is 25.0 Å². The van der Waals surface area contributed by atoms with Crippen LogP contribution in [0.15, 0.2) is 18.2 Å². The Morgan fingerprint density at radius 3 is 2.14 bits per heavy atom. The van der Waals surface area contributed by atoms with Crippen molar-refractivity contribution >= 4 is 0 Å². The third-order valence-corrected chi connectivity index (χ3v) is 3.28. The van der Waals surface area contributed by atoms with Gasteiger partial charge in [-0.05, 0) is 13.8 Å². The fourth-order valence-electron chi connectivity index (χ4n) is 2.10. The molecule has 0 saturated carbocycles. The standard InChI is InChI=1S/C16H27FN2O2/c1-3-20-10-8-19(9-11-21-4-2)13-15-7-5-6-14(12-18)16(15)17/h5-7H,3-4,8-13,18H2,1-2H3. The van der Waals surface area contributed by atoms with Crippen LogP contribution in [-0.2, 0) is 22.6 Å². The zero-order valence-corrected chi connectivity index (χ0v) is 13.1. The highest BCUT2D eigenvalue weighted by Gasteiger charge is 2.11. The van der Waals surface area contributed by atoms with Gasteiger partial charge in [-0.15, -0.1) is 0 Å². The number of benzene rings is 1. The van der Waals surface area contributed by atoms with Crippen molar-refractivity contribution in [3.8, 4) is 0 Å². The van der Waals surface area contributed by atoms with Gasteiger partial charge in [0.1, 0.15) is 5.82 Å². The SMILES string of the molecule is CCOCCN(CCOCC)Cc1cccc(CN)c1F. The molecule has 0 bridgehead atoms. The first-order valence-corrected chi connectivity index (χ1v) is 7.57. The summed E-state index contributed by atoms with van der Waals surface area (Å²) in [6.45, 7) is 8.87. The number of rotatable bonds is 11. The molecule has 1 aromatic rings. The van der Waals surface area contributed by atoms with Crippen molar-refractivity contribution in [3.05, 3.63) is 35.1 Å². The van der Waals surface area contributed by atoms with E-state index in [1.807, 2.05) is 26.0 Å². The Labute approximate surface area is 127 Å². The van der Waals surface area contributed by atoms with Gasteiger partial charge in [-0.25, -0.2) is 4.39 Å². The highest BCUT2D eigenvalue weighted by molar-refractivity contribution is 5.25. The molecule has 5 heteroatoms. The van der Waals surface area contributed by atoms with Crippen LogP contribution in [-0.4, -0.2) is 44.4 Å². The molecule has 21 heavy (non-hydrogen) atoms. The molecule has 2 N–H and O–H groups in total. The van der Waals surface area contributed by atoms with E-state index in [4.69, 9.17) is 15.2 Å². The molecule has 1 rings (SSSR count). The van der Waals surface area contributed by atoms with Gasteiger partial charge in [-0.3, -0.25) is 4.90 Å². The minimum absolute atomic E-state index is 0.196. The molecule has 120 valence electrons. The van der Waals surface area contributed by atoms with Gasteiger partial charge >= 0.3 is 0 Å². The number of hydrogen-bond donors (Lipinski definition) is 1. The van der Waals surface area contributed by atoms with Gasteiger partial charge in [0.05, 0.1) is 13.2 Å². The first-order valence-electron chi connectivity index (χ1n) is 7.57. The van der Waals surface area contributed by atoms with Crippen LogP contribution >= 0.6 is 0 Å². The molecule has 0 radical (unpaired) electrons. The van der Waals surface area contributed by atoms with Crippen molar-refractivity contribution in [1.82, 2.24) is 4.90 Å². The van der Waals surface area contributed by atoms with E-state index in [0.717, 1.165) is 13.1 Å². The van der Waals surface area contributed by atoms with Gasteiger partial charge in [-0.2, -0.15) is 0 Å². The van der Waals surface area contributed by atoms with E-state index in [2.05, 4.69) is 4.90 Å². The lowest BCUT2D eigenvalue weighted by Gasteiger charge is -2.22. The zero-order valence-electron chi connectivity index (χ0n) is 13.1.